The Morgan fingerprint density at radius 3 is 2.00 bits per heavy atom. The molecule has 5 rings (SSSR count). The van der Waals surface area contributed by atoms with Crippen LogP contribution in [0, 0.1) is 0 Å². The van der Waals surface area contributed by atoms with Crippen LogP contribution in [0.5, 0.6) is 0 Å². The molecule has 3 nitrogen and oxygen atoms in total. The molecule has 136 valence electrons. The van der Waals surface area contributed by atoms with E-state index in [0.717, 1.165) is 27.9 Å². The van der Waals surface area contributed by atoms with Crippen LogP contribution >= 0.6 is 0 Å². The summed E-state index contributed by atoms with van der Waals surface area (Å²) in [6.07, 6.45) is 3.32. The third-order valence-electron chi connectivity index (χ3n) is 5.24. The molecule has 1 N–H and O–H groups in total. The van der Waals surface area contributed by atoms with Crippen LogP contribution in [0.1, 0.15) is 28.5 Å². The molecular formula is C25H20N2O. The van der Waals surface area contributed by atoms with Crippen molar-refractivity contribution in [2.45, 2.75) is 11.8 Å². The largest absolute Gasteiger partial charge is 0.356 e. The number of aromatic nitrogens is 1. The lowest BCUT2D eigenvalue weighted by atomic mass is 9.78. The van der Waals surface area contributed by atoms with E-state index in [1.165, 1.54) is 0 Å². The molecule has 0 radical (unpaired) electrons. The van der Waals surface area contributed by atoms with Crippen molar-refractivity contribution in [1.82, 2.24) is 4.98 Å². The lowest BCUT2D eigenvalue weighted by molar-refractivity contribution is -0.0433. The van der Waals surface area contributed by atoms with Crippen molar-refractivity contribution in [3.8, 4) is 0 Å². The first-order valence-corrected chi connectivity index (χ1v) is 9.43. The van der Waals surface area contributed by atoms with Crippen molar-refractivity contribution in [3.63, 3.8) is 0 Å². The smallest absolute Gasteiger partial charge is 0.157 e. The Bertz CT molecular complexity index is 1030. The molecule has 1 atom stereocenters. The molecule has 28 heavy (non-hydrogen) atoms. The maximum atomic E-state index is 6.91. The highest BCUT2D eigenvalue weighted by molar-refractivity contribution is 5.63. The van der Waals surface area contributed by atoms with Gasteiger partial charge in [0.15, 0.2) is 6.23 Å². The molecule has 1 aliphatic rings. The average Bonchev–Trinajstić information content (AvgIpc) is 2.80. The molecule has 0 amide bonds. The lowest BCUT2D eigenvalue weighted by Gasteiger charge is -2.44. The molecule has 4 aromatic rings. The predicted molar refractivity (Wildman–Crippen MR) is 111 cm³/mol. The Morgan fingerprint density at radius 2 is 1.36 bits per heavy atom. The van der Waals surface area contributed by atoms with Gasteiger partial charge in [-0.15, -0.1) is 0 Å². The van der Waals surface area contributed by atoms with Crippen molar-refractivity contribution < 1.29 is 4.74 Å². The van der Waals surface area contributed by atoms with E-state index in [9.17, 15) is 0 Å². The van der Waals surface area contributed by atoms with Crippen molar-refractivity contribution in [2.75, 3.05) is 5.32 Å². The number of ether oxygens (including phenoxy) is 1. The van der Waals surface area contributed by atoms with Gasteiger partial charge < -0.3 is 10.1 Å². The van der Waals surface area contributed by atoms with Crippen molar-refractivity contribution in [2.24, 2.45) is 0 Å². The Labute approximate surface area is 164 Å². The summed E-state index contributed by atoms with van der Waals surface area (Å²) in [5.74, 6) is 0. The van der Waals surface area contributed by atoms with Gasteiger partial charge >= 0.3 is 0 Å². The second-order valence-electron chi connectivity index (χ2n) is 6.89. The second kappa shape index (κ2) is 6.95. The molecule has 0 spiro atoms. The molecule has 1 aromatic heterocycles. The minimum absolute atomic E-state index is 0.316. The van der Waals surface area contributed by atoms with Crippen molar-refractivity contribution in [1.29, 1.82) is 0 Å². The van der Waals surface area contributed by atoms with Gasteiger partial charge in [-0.1, -0.05) is 84.9 Å². The van der Waals surface area contributed by atoms with Gasteiger partial charge in [0.25, 0.3) is 0 Å². The zero-order valence-corrected chi connectivity index (χ0v) is 15.3. The minimum atomic E-state index is -0.717. The second-order valence-corrected chi connectivity index (χ2v) is 6.89. The fraction of sp³-hybridized carbons (Fsp3) is 0.0800. The average molecular weight is 364 g/mol. The van der Waals surface area contributed by atoms with Crippen LogP contribution < -0.4 is 5.32 Å². The molecule has 1 aliphatic heterocycles. The van der Waals surface area contributed by atoms with Crippen LogP contribution in [0.4, 0.5) is 5.69 Å². The molecule has 3 aromatic carbocycles. The summed E-state index contributed by atoms with van der Waals surface area (Å²) in [5, 5.41) is 3.55. The van der Waals surface area contributed by atoms with Gasteiger partial charge in [-0.3, -0.25) is 4.98 Å². The third-order valence-corrected chi connectivity index (χ3v) is 5.24. The summed E-state index contributed by atoms with van der Waals surface area (Å²) in [5.41, 5.74) is 4.65. The number of para-hydroxylation sites is 1. The number of pyridine rings is 1. The van der Waals surface area contributed by atoms with E-state index < -0.39 is 5.60 Å². The molecule has 1 unspecified atom stereocenters. The number of nitrogens with zero attached hydrogens (tertiary/aromatic N) is 1. The highest BCUT2D eigenvalue weighted by atomic mass is 16.5. The maximum Gasteiger partial charge on any atom is 0.157 e. The van der Waals surface area contributed by atoms with Crippen LogP contribution in [-0.4, -0.2) is 4.98 Å². The fourth-order valence-corrected chi connectivity index (χ4v) is 3.97. The monoisotopic (exact) mass is 364 g/mol. The zero-order chi connectivity index (χ0) is 18.8. The van der Waals surface area contributed by atoms with Crippen molar-refractivity contribution in [3.05, 3.63) is 132 Å². The van der Waals surface area contributed by atoms with Gasteiger partial charge in [0.2, 0.25) is 0 Å². The first-order chi connectivity index (χ1) is 13.9. The first-order valence-electron chi connectivity index (χ1n) is 9.43. The quantitative estimate of drug-likeness (QED) is 0.520. The highest BCUT2D eigenvalue weighted by Gasteiger charge is 2.44. The van der Waals surface area contributed by atoms with Gasteiger partial charge in [-0.2, -0.15) is 0 Å². The summed E-state index contributed by atoms with van der Waals surface area (Å²) in [6.45, 7) is 0. The molecule has 0 bridgehead atoms. The Morgan fingerprint density at radius 1 is 0.714 bits per heavy atom. The zero-order valence-electron chi connectivity index (χ0n) is 15.3. The predicted octanol–water partition coefficient (Wildman–Crippen LogP) is 5.51. The van der Waals surface area contributed by atoms with Gasteiger partial charge in [-0.05, 0) is 23.3 Å². The lowest BCUT2D eigenvalue weighted by Crippen LogP contribution is -2.40. The van der Waals surface area contributed by atoms with E-state index in [4.69, 9.17) is 4.74 Å². The van der Waals surface area contributed by atoms with E-state index in [1.54, 1.807) is 6.20 Å². The molecule has 0 saturated carbocycles. The van der Waals surface area contributed by atoms with Crippen LogP contribution in [0.2, 0.25) is 0 Å². The number of benzene rings is 3. The van der Waals surface area contributed by atoms with Crippen LogP contribution in [0.25, 0.3) is 0 Å². The Balaban J connectivity index is 1.79. The SMILES string of the molecule is c1ccc(C2(c3ccccc3)OC(c3cccnc3)Nc3ccccc32)cc1. The maximum absolute atomic E-state index is 6.91. The summed E-state index contributed by atoms with van der Waals surface area (Å²) in [6, 6.07) is 33.2. The van der Waals surface area contributed by atoms with Crippen molar-refractivity contribution >= 4 is 5.69 Å². The number of hydrogen-bond donors (Lipinski definition) is 1. The molecule has 0 aliphatic carbocycles. The Hall–Kier alpha value is -3.43. The van der Waals surface area contributed by atoms with Gasteiger partial charge in [-0.25, -0.2) is 0 Å². The number of fused-ring (bicyclic) bond motifs is 1. The molecular weight excluding hydrogens is 344 g/mol. The van der Waals surface area contributed by atoms with Gasteiger partial charge in [0.05, 0.1) is 0 Å². The summed E-state index contributed by atoms with van der Waals surface area (Å²) >= 11 is 0. The summed E-state index contributed by atoms with van der Waals surface area (Å²) < 4.78 is 6.91. The van der Waals surface area contributed by atoms with Crippen LogP contribution in [0.3, 0.4) is 0 Å². The van der Waals surface area contributed by atoms with E-state index in [1.807, 2.05) is 30.5 Å². The van der Waals surface area contributed by atoms with E-state index in [-0.39, 0.29) is 6.23 Å². The van der Waals surface area contributed by atoms with E-state index in [0.29, 0.717) is 0 Å². The molecule has 0 saturated heterocycles. The van der Waals surface area contributed by atoms with Gasteiger partial charge in [0.1, 0.15) is 5.60 Å². The third kappa shape index (κ3) is 2.68. The standard InChI is InChI=1S/C25H20N2O/c1-3-11-20(12-4-1)25(21-13-5-2-6-14-21)22-15-7-8-16-23(22)27-24(28-25)19-10-9-17-26-18-19/h1-18,24,27H. The Kier molecular flexibility index (Phi) is 4.15. The molecule has 0 fully saturated rings. The molecule has 2 heterocycles. The van der Waals surface area contributed by atoms with E-state index in [2.05, 4.69) is 83.1 Å². The van der Waals surface area contributed by atoms with Crippen LogP contribution in [0.15, 0.2) is 109 Å². The van der Waals surface area contributed by atoms with E-state index >= 15 is 0 Å². The number of hydrogen-bond acceptors (Lipinski definition) is 3. The fourth-order valence-electron chi connectivity index (χ4n) is 3.97. The van der Waals surface area contributed by atoms with Gasteiger partial charge in [0, 0.05) is 29.2 Å². The topological polar surface area (TPSA) is 34.1 Å². The van der Waals surface area contributed by atoms with Crippen LogP contribution in [-0.2, 0) is 10.3 Å². The highest BCUT2D eigenvalue weighted by Crippen LogP contribution is 2.49. The number of anilines is 1. The number of rotatable bonds is 3. The summed E-state index contributed by atoms with van der Waals surface area (Å²) in [4.78, 5) is 4.29. The molecule has 3 heteroatoms. The first kappa shape index (κ1) is 16.7. The normalized spacial score (nSPS) is 17.4. The number of nitrogens with one attached hydrogen (secondary N) is 1. The minimum Gasteiger partial charge on any atom is -0.356 e. The summed E-state index contributed by atoms with van der Waals surface area (Å²) in [7, 11) is 0.